The van der Waals surface area contributed by atoms with Gasteiger partial charge in [0.1, 0.15) is 6.54 Å². The Morgan fingerprint density at radius 1 is 1.47 bits per heavy atom. The van der Waals surface area contributed by atoms with Gasteiger partial charge in [0, 0.05) is 12.6 Å². The van der Waals surface area contributed by atoms with Crippen LogP contribution in [0.2, 0.25) is 0 Å². The van der Waals surface area contributed by atoms with Gasteiger partial charge in [0.05, 0.1) is 12.5 Å². The first-order chi connectivity index (χ1) is 7.10. The fraction of sp³-hybridized carbons (Fsp3) is 0.800. The molecular weight excluding hydrogens is 196 g/mol. The van der Waals surface area contributed by atoms with Crippen LogP contribution in [0.1, 0.15) is 20.3 Å². The molecule has 5 nitrogen and oxygen atoms in total. The molecule has 0 saturated heterocycles. The molecule has 1 fully saturated rings. The minimum absolute atomic E-state index is 0.0197. The van der Waals surface area contributed by atoms with Gasteiger partial charge in [0.15, 0.2) is 0 Å². The normalized spacial score (nSPS) is 23.4. The summed E-state index contributed by atoms with van der Waals surface area (Å²) < 4.78 is 4.79. The van der Waals surface area contributed by atoms with Crippen LogP contribution in [0.3, 0.4) is 0 Å². The Bertz CT molecular complexity index is 255. The first-order valence-electron chi connectivity index (χ1n) is 5.30. The summed E-state index contributed by atoms with van der Waals surface area (Å²) in [4.78, 5) is 24.4. The maximum Gasteiger partial charge on any atom is 0.325 e. The molecule has 2 N–H and O–H groups in total. The van der Waals surface area contributed by atoms with Crippen molar-refractivity contribution in [2.24, 2.45) is 11.7 Å². The van der Waals surface area contributed by atoms with Crippen LogP contribution in [0.25, 0.3) is 0 Å². The summed E-state index contributed by atoms with van der Waals surface area (Å²) in [5.41, 5.74) is 5.59. The lowest BCUT2D eigenvalue weighted by Gasteiger charge is -2.19. The highest BCUT2D eigenvalue weighted by molar-refractivity contribution is 5.86. The van der Waals surface area contributed by atoms with Crippen LogP contribution in [-0.2, 0) is 14.3 Å². The maximum atomic E-state index is 11.7. The van der Waals surface area contributed by atoms with Gasteiger partial charge in [-0.05, 0) is 20.3 Å². The zero-order valence-corrected chi connectivity index (χ0v) is 9.23. The quantitative estimate of drug-likeness (QED) is 0.640. The molecule has 1 aliphatic carbocycles. The van der Waals surface area contributed by atoms with Gasteiger partial charge in [-0.2, -0.15) is 0 Å². The van der Waals surface area contributed by atoms with Gasteiger partial charge < -0.3 is 15.4 Å². The van der Waals surface area contributed by atoms with Crippen LogP contribution in [0, 0.1) is 5.92 Å². The molecule has 1 aliphatic rings. The van der Waals surface area contributed by atoms with E-state index in [1.54, 1.807) is 6.92 Å². The second-order valence-electron chi connectivity index (χ2n) is 3.66. The molecule has 2 unspecified atom stereocenters. The zero-order chi connectivity index (χ0) is 11.4. The Morgan fingerprint density at radius 2 is 2.07 bits per heavy atom. The number of hydrogen-bond acceptors (Lipinski definition) is 4. The van der Waals surface area contributed by atoms with E-state index in [4.69, 9.17) is 10.5 Å². The van der Waals surface area contributed by atoms with Gasteiger partial charge in [-0.25, -0.2) is 0 Å². The van der Waals surface area contributed by atoms with Gasteiger partial charge in [-0.3, -0.25) is 9.59 Å². The van der Waals surface area contributed by atoms with Crippen LogP contribution in [0.5, 0.6) is 0 Å². The van der Waals surface area contributed by atoms with Crippen LogP contribution in [0.4, 0.5) is 0 Å². The summed E-state index contributed by atoms with van der Waals surface area (Å²) in [6.07, 6.45) is 0.734. The topological polar surface area (TPSA) is 72.6 Å². The van der Waals surface area contributed by atoms with Gasteiger partial charge >= 0.3 is 5.97 Å². The first kappa shape index (κ1) is 12.0. The minimum atomic E-state index is -0.359. The number of likely N-dealkylation sites (N-methyl/N-ethyl adjacent to an activating group) is 1. The van der Waals surface area contributed by atoms with E-state index >= 15 is 0 Å². The number of ether oxygens (including phenoxy) is 1. The number of carbonyl (C=O) groups is 2. The zero-order valence-electron chi connectivity index (χ0n) is 9.23. The summed E-state index contributed by atoms with van der Waals surface area (Å²) in [5, 5.41) is 0. The molecule has 1 saturated carbocycles. The second-order valence-corrected chi connectivity index (χ2v) is 3.66. The van der Waals surface area contributed by atoms with E-state index in [1.807, 2.05) is 6.92 Å². The van der Waals surface area contributed by atoms with Crippen molar-refractivity contribution in [3.8, 4) is 0 Å². The first-order valence-corrected chi connectivity index (χ1v) is 5.30. The molecule has 5 heteroatoms. The molecule has 1 amide bonds. The smallest absolute Gasteiger partial charge is 0.325 e. The van der Waals surface area contributed by atoms with Crippen molar-refractivity contribution in [1.82, 2.24) is 4.90 Å². The Balaban J connectivity index is 2.41. The van der Waals surface area contributed by atoms with E-state index in [0.29, 0.717) is 13.2 Å². The predicted octanol–water partition coefficient (Wildman–Crippen LogP) is -0.255. The van der Waals surface area contributed by atoms with Gasteiger partial charge in [0.2, 0.25) is 5.91 Å². The predicted molar refractivity (Wildman–Crippen MR) is 55.0 cm³/mol. The van der Waals surface area contributed by atoms with E-state index < -0.39 is 0 Å². The number of nitrogens with zero attached hydrogens (tertiary/aromatic N) is 1. The lowest BCUT2D eigenvalue weighted by molar-refractivity contribution is -0.149. The van der Waals surface area contributed by atoms with Crippen LogP contribution in [-0.4, -0.2) is 42.5 Å². The van der Waals surface area contributed by atoms with Gasteiger partial charge in [-0.15, -0.1) is 0 Å². The lowest BCUT2D eigenvalue weighted by Crippen LogP contribution is -2.38. The van der Waals surface area contributed by atoms with Crippen LogP contribution in [0.15, 0.2) is 0 Å². The summed E-state index contributed by atoms with van der Waals surface area (Å²) in [6, 6.07) is -0.0197. The molecule has 0 aromatic carbocycles. The average Bonchev–Trinajstić information content (AvgIpc) is 2.91. The van der Waals surface area contributed by atoms with E-state index in [1.165, 1.54) is 4.90 Å². The SMILES string of the molecule is CCOC(=O)CN(CC)C(=O)C1CC1N. The monoisotopic (exact) mass is 214 g/mol. The number of rotatable bonds is 5. The highest BCUT2D eigenvalue weighted by Gasteiger charge is 2.42. The van der Waals surface area contributed by atoms with Crippen molar-refractivity contribution in [3.05, 3.63) is 0 Å². The second kappa shape index (κ2) is 5.11. The van der Waals surface area contributed by atoms with E-state index in [-0.39, 0.29) is 30.4 Å². The minimum Gasteiger partial charge on any atom is -0.465 e. The third-order valence-electron chi connectivity index (χ3n) is 2.48. The Morgan fingerprint density at radius 3 is 2.47 bits per heavy atom. The van der Waals surface area contributed by atoms with Crippen molar-refractivity contribution in [2.75, 3.05) is 19.7 Å². The molecule has 0 aromatic heterocycles. The highest BCUT2D eigenvalue weighted by Crippen LogP contribution is 2.29. The van der Waals surface area contributed by atoms with Crippen LogP contribution >= 0.6 is 0 Å². The number of amides is 1. The molecule has 86 valence electrons. The Hall–Kier alpha value is -1.10. The summed E-state index contributed by atoms with van der Waals surface area (Å²) in [6.45, 7) is 4.47. The maximum absolute atomic E-state index is 11.7. The molecule has 0 aliphatic heterocycles. The fourth-order valence-corrected chi connectivity index (χ4v) is 1.44. The summed E-state index contributed by atoms with van der Waals surface area (Å²) in [7, 11) is 0. The highest BCUT2D eigenvalue weighted by atomic mass is 16.5. The third kappa shape index (κ3) is 3.20. The van der Waals surface area contributed by atoms with Crippen molar-refractivity contribution in [2.45, 2.75) is 26.3 Å². The largest absolute Gasteiger partial charge is 0.465 e. The molecular formula is C10H18N2O3. The molecule has 0 spiro atoms. The van der Waals surface area contributed by atoms with Crippen molar-refractivity contribution < 1.29 is 14.3 Å². The molecule has 2 atom stereocenters. The number of nitrogens with two attached hydrogens (primary N) is 1. The number of carbonyl (C=O) groups excluding carboxylic acids is 2. The van der Waals surface area contributed by atoms with Gasteiger partial charge in [-0.1, -0.05) is 0 Å². The Labute approximate surface area is 89.6 Å². The number of esters is 1. The van der Waals surface area contributed by atoms with E-state index in [2.05, 4.69) is 0 Å². The van der Waals surface area contributed by atoms with Gasteiger partial charge in [0.25, 0.3) is 0 Å². The molecule has 0 bridgehead atoms. The average molecular weight is 214 g/mol. The van der Waals surface area contributed by atoms with Crippen molar-refractivity contribution in [3.63, 3.8) is 0 Å². The fourth-order valence-electron chi connectivity index (χ4n) is 1.44. The molecule has 0 aromatic rings. The van der Waals surface area contributed by atoms with Crippen molar-refractivity contribution in [1.29, 1.82) is 0 Å². The Kier molecular flexibility index (Phi) is 4.08. The van der Waals surface area contributed by atoms with E-state index in [9.17, 15) is 9.59 Å². The standard InChI is InChI=1S/C10H18N2O3/c1-3-12(6-9(13)15-4-2)10(14)7-5-8(7)11/h7-8H,3-6,11H2,1-2H3. The summed E-state index contributed by atoms with van der Waals surface area (Å²) >= 11 is 0. The molecule has 15 heavy (non-hydrogen) atoms. The lowest BCUT2D eigenvalue weighted by atomic mass is 10.3. The van der Waals surface area contributed by atoms with Crippen LogP contribution < -0.4 is 5.73 Å². The molecule has 0 heterocycles. The molecule has 1 rings (SSSR count). The summed E-state index contributed by atoms with van der Waals surface area (Å²) in [5.74, 6) is -0.473. The van der Waals surface area contributed by atoms with Crippen molar-refractivity contribution >= 4 is 11.9 Å². The number of hydrogen-bond donors (Lipinski definition) is 1. The molecule has 0 radical (unpaired) electrons. The van der Waals surface area contributed by atoms with E-state index in [0.717, 1.165) is 6.42 Å². The third-order valence-corrected chi connectivity index (χ3v) is 2.48.